The molecular weight excluding hydrogens is 220 g/mol. The van der Waals surface area contributed by atoms with Gasteiger partial charge < -0.3 is 10.1 Å². The van der Waals surface area contributed by atoms with E-state index in [9.17, 15) is 0 Å². The minimum Gasteiger partial charge on any atom is -0.367 e. The summed E-state index contributed by atoms with van der Waals surface area (Å²) in [4.78, 5) is 4.23. The molecule has 2 heterocycles. The normalized spacial score (nSPS) is 23.1. The van der Waals surface area contributed by atoms with Crippen LogP contribution in [0.3, 0.4) is 0 Å². The van der Waals surface area contributed by atoms with E-state index < -0.39 is 0 Å². The number of halogens is 1. The van der Waals surface area contributed by atoms with Crippen LogP contribution in [-0.4, -0.2) is 24.2 Å². The van der Waals surface area contributed by atoms with E-state index in [1.54, 1.807) is 11.3 Å². The summed E-state index contributed by atoms with van der Waals surface area (Å²) in [5.41, 5.74) is 0. The number of aromatic nitrogens is 1. The lowest BCUT2D eigenvalue weighted by Gasteiger charge is -2.15. The van der Waals surface area contributed by atoms with E-state index >= 15 is 0 Å². The minimum absolute atomic E-state index is 0. The first kappa shape index (κ1) is 11.9. The molecule has 0 radical (unpaired) electrons. The number of hydrogen-bond donors (Lipinski definition) is 1. The third-order valence-corrected chi connectivity index (χ3v) is 3.15. The zero-order valence-electron chi connectivity index (χ0n) is 8.10. The summed E-state index contributed by atoms with van der Waals surface area (Å²) >= 11 is 1.66. The second-order valence-corrected chi connectivity index (χ2v) is 4.19. The quantitative estimate of drug-likeness (QED) is 0.869. The molecule has 2 rings (SSSR count). The maximum Gasteiger partial charge on any atom is 0.121 e. The first-order chi connectivity index (χ1) is 6.36. The molecule has 1 N–H and O–H groups in total. The second-order valence-electron chi connectivity index (χ2n) is 3.26. The van der Waals surface area contributed by atoms with Gasteiger partial charge in [0.2, 0.25) is 0 Å². The van der Waals surface area contributed by atoms with Gasteiger partial charge in [0.15, 0.2) is 0 Å². The summed E-state index contributed by atoms with van der Waals surface area (Å²) in [6.45, 7) is 4.13. The Morgan fingerprint density at radius 1 is 1.71 bits per heavy atom. The van der Waals surface area contributed by atoms with Crippen molar-refractivity contribution >= 4 is 23.7 Å². The third kappa shape index (κ3) is 2.92. The van der Waals surface area contributed by atoms with Crippen LogP contribution in [0.2, 0.25) is 0 Å². The van der Waals surface area contributed by atoms with Gasteiger partial charge in [-0.3, -0.25) is 0 Å². The van der Waals surface area contributed by atoms with Crippen LogP contribution in [0.25, 0.3) is 0 Å². The SMILES string of the molecule is CC(OC1CCNC1)c1nccs1.Cl. The number of thiazole rings is 1. The fourth-order valence-corrected chi connectivity index (χ4v) is 2.16. The second kappa shape index (κ2) is 5.66. The van der Waals surface area contributed by atoms with Crippen molar-refractivity contribution in [2.45, 2.75) is 25.6 Å². The van der Waals surface area contributed by atoms with Gasteiger partial charge in [-0.15, -0.1) is 23.7 Å². The Kier molecular flexibility index (Phi) is 4.81. The highest BCUT2D eigenvalue weighted by molar-refractivity contribution is 7.09. The van der Waals surface area contributed by atoms with Gasteiger partial charge in [0.05, 0.1) is 6.10 Å². The summed E-state index contributed by atoms with van der Waals surface area (Å²) in [5.74, 6) is 0. The average Bonchev–Trinajstić information content (AvgIpc) is 2.74. The molecule has 14 heavy (non-hydrogen) atoms. The molecule has 1 aromatic heterocycles. The number of rotatable bonds is 3. The van der Waals surface area contributed by atoms with Crippen molar-refractivity contribution in [3.8, 4) is 0 Å². The fraction of sp³-hybridized carbons (Fsp3) is 0.667. The van der Waals surface area contributed by atoms with Crippen LogP contribution < -0.4 is 5.32 Å². The Bertz CT molecular complexity index is 249. The van der Waals surface area contributed by atoms with Gasteiger partial charge in [-0.1, -0.05) is 0 Å². The minimum atomic E-state index is 0. The summed E-state index contributed by atoms with van der Waals surface area (Å²) < 4.78 is 5.84. The van der Waals surface area contributed by atoms with Crippen LogP contribution in [0.1, 0.15) is 24.5 Å². The molecule has 0 aromatic carbocycles. The topological polar surface area (TPSA) is 34.1 Å². The first-order valence-corrected chi connectivity index (χ1v) is 5.50. The van der Waals surface area contributed by atoms with E-state index in [0.29, 0.717) is 6.10 Å². The lowest BCUT2D eigenvalue weighted by atomic mass is 10.3. The van der Waals surface area contributed by atoms with Crippen molar-refractivity contribution in [3.05, 3.63) is 16.6 Å². The fourth-order valence-electron chi connectivity index (χ4n) is 1.53. The predicted molar refractivity (Wildman–Crippen MR) is 60.1 cm³/mol. The van der Waals surface area contributed by atoms with Crippen LogP contribution in [-0.2, 0) is 4.74 Å². The molecule has 80 valence electrons. The molecule has 0 amide bonds. The number of hydrogen-bond acceptors (Lipinski definition) is 4. The molecule has 0 bridgehead atoms. The van der Waals surface area contributed by atoms with Crippen molar-refractivity contribution in [2.24, 2.45) is 0 Å². The van der Waals surface area contributed by atoms with Gasteiger partial charge in [0, 0.05) is 18.1 Å². The van der Waals surface area contributed by atoms with Crippen LogP contribution in [0.15, 0.2) is 11.6 Å². The van der Waals surface area contributed by atoms with Gasteiger partial charge >= 0.3 is 0 Å². The maximum atomic E-state index is 5.84. The molecule has 1 aromatic rings. The summed E-state index contributed by atoms with van der Waals surface area (Å²) in [6, 6.07) is 0. The van der Waals surface area contributed by atoms with Crippen molar-refractivity contribution in [3.63, 3.8) is 0 Å². The van der Waals surface area contributed by atoms with Crippen LogP contribution in [0, 0.1) is 0 Å². The third-order valence-electron chi connectivity index (χ3n) is 2.21. The Morgan fingerprint density at radius 3 is 3.14 bits per heavy atom. The average molecular weight is 235 g/mol. The summed E-state index contributed by atoms with van der Waals surface area (Å²) in [5, 5.41) is 6.34. The Labute approximate surface area is 94.3 Å². The molecule has 1 aliphatic heterocycles. The number of ether oxygens (including phenoxy) is 1. The van der Waals surface area contributed by atoms with E-state index in [2.05, 4.69) is 17.2 Å². The van der Waals surface area contributed by atoms with Crippen LogP contribution in [0.4, 0.5) is 0 Å². The summed E-state index contributed by atoms with van der Waals surface area (Å²) in [6.07, 6.45) is 3.46. The van der Waals surface area contributed by atoms with E-state index in [0.717, 1.165) is 24.5 Å². The Hall–Kier alpha value is -0.160. The van der Waals surface area contributed by atoms with E-state index in [-0.39, 0.29) is 18.5 Å². The van der Waals surface area contributed by atoms with Crippen molar-refractivity contribution < 1.29 is 4.74 Å². The molecule has 2 unspecified atom stereocenters. The van der Waals surface area contributed by atoms with Crippen molar-refractivity contribution in [2.75, 3.05) is 13.1 Å². The van der Waals surface area contributed by atoms with E-state index in [1.807, 2.05) is 11.6 Å². The van der Waals surface area contributed by atoms with Crippen molar-refractivity contribution in [1.29, 1.82) is 0 Å². The predicted octanol–water partition coefficient (Wildman–Crippen LogP) is 2.00. The molecule has 1 aliphatic rings. The van der Waals surface area contributed by atoms with Crippen LogP contribution in [0.5, 0.6) is 0 Å². The highest BCUT2D eigenvalue weighted by atomic mass is 35.5. The first-order valence-electron chi connectivity index (χ1n) is 4.62. The summed E-state index contributed by atoms with van der Waals surface area (Å²) in [7, 11) is 0. The number of nitrogens with one attached hydrogen (secondary N) is 1. The van der Waals surface area contributed by atoms with Crippen LogP contribution >= 0.6 is 23.7 Å². The molecule has 1 saturated heterocycles. The maximum absolute atomic E-state index is 5.84. The molecule has 0 saturated carbocycles. The highest BCUT2D eigenvalue weighted by Crippen LogP contribution is 2.21. The monoisotopic (exact) mass is 234 g/mol. The largest absolute Gasteiger partial charge is 0.367 e. The highest BCUT2D eigenvalue weighted by Gasteiger charge is 2.19. The molecule has 5 heteroatoms. The number of nitrogens with zero attached hydrogens (tertiary/aromatic N) is 1. The molecular formula is C9H15ClN2OS. The molecule has 1 fully saturated rings. The molecule has 0 aliphatic carbocycles. The van der Waals surface area contributed by atoms with Gasteiger partial charge in [-0.2, -0.15) is 0 Å². The molecule has 0 spiro atoms. The zero-order valence-corrected chi connectivity index (χ0v) is 9.74. The van der Waals surface area contributed by atoms with E-state index in [4.69, 9.17) is 4.74 Å². The van der Waals surface area contributed by atoms with Gasteiger partial charge in [-0.25, -0.2) is 4.98 Å². The lowest BCUT2D eigenvalue weighted by molar-refractivity contribution is 0.00818. The Balaban J connectivity index is 0.000000980. The molecule has 2 atom stereocenters. The van der Waals surface area contributed by atoms with Gasteiger partial charge in [0.1, 0.15) is 11.1 Å². The molecule has 3 nitrogen and oxygen atoms in total. The van der Waals surface area contributed by atoms with Gasteiger partial charge in [-0.05, 0) is 19.9 Å². The lowest BCUT2D eigenvalue weighted by Crippen LogP contribution is -2.18. The standard InChI is InChI=1S/C9H14N2OS.ClH/c1-7(9-11-4-5-13-9)12-8-2-3-10-6-8;/h4-5,7-8,10H,2-3,6H2,1H3;1H. The Morgan fingerprint density at radius 2 is 2.57 bits per heavy atom. The van der Waals surface area contributed by atoms with Crippen molar-refractivity contribution in [1.82, 2.24) is 10.3 Å². The smallest absolute Gasteiger partial charge is 0.121 e. The van der Waals surface area contributed by atoms with E-state index in [1.165, 1.54) is 0 Å². The zero-order chi connectivity index (χ0) is 9.10. The van der Waals surface area contributed by atoms with Gasteiger partial charge in [0.25, 0.3) is 0 Å².